The van der Waals surface area contributed by atoms with Crippen LogP contribution >= 0.6 is 0 Å². The lowest BCUT2D eigenvalue weighted by Crippen LogP contribution is -2.57. The molecule has 5 rings (SSSR count). The van der Waals surface area contributed by atoms with Crippen molar-refractivity contribution in [2.45, 2.75) is 51.0 Å². The van der Waals surface area contributed by atoms with Crippen LogP contribution in [0.4, 0.5) is 4.79 Å². The van der Waals surface area contributed by atoms with Crippen LogP contribution in [-0.2, 0) is 14.3 Å². The van der Waals surface area contributed by atoms with Crippen LogP contribution in [0.15, 0.2) is 48.5 Å². The molecule has 2 aromatic rings. The Kier molecular flexibility index (Phi) is 5.82. The van der Waals surface area contributed by atoms with Gasteiger partial charge in [-0.05, 0) is 48.4 Å². The third-order valence-corrected chi connectivity index (χ3v) is 8.48. The van der Waals surface area contributed by atoms with Crippen LogP contribution in [0, 0.1) is 11.3 Å². The Labute approximate surface area is 205 Å². The van der Waals surface area contributed by atoms with Crippen LogP contribution in [0.3, 0.4) is 0 Å². The van der Waals surface area contributed by atoms with Crippen molar-refractivity contribution in [1.29, 1.82) is 0 Å². The number of hydrogen-bond donors (Lipinski definition) is 2. The summed E-state index contributed by atoms with van der Waals surface area (Å²) in [5, 5.41) is 12.5. The first-order chi connectivity index (χ1) is 16.8. The summed E-state index contributed by atoms with van der Waals surface area (Å²) >= 11 is 0. The van der Waals surface area contributed by atoms with Gasteiger partial charge in [-0.3, -0.25) is 9.59 Å². The minimum Gasteiger partial charge on any atom is -0.481 e. The van der Waals surface area contributed by atoms with Gasteiger partial charge in [-0.2, -0.15) is 0 Å². The molecule has 7 nitrogen and oxygen atoms in total. The number of benzene rings is 2. The van der Waals surface area contributed by atoms with E-state index in [1.807, 2.05) is 31.2 Å². The maximum absolute atomic E-state index is 13.5. The fraction of sp³-hybridized carbons (Fsp3) is 0.464. The lowest BCUT2D eigenvalue weighted by atomic mass is 9.63. The third-order valence-electron chi connectivity index (χ3n) is 8.48. The molecule has 35 heavy (non-hydrogen) atoms. The Balaban J connectivity index is 1.26. The van der Waals surface area contributed by atoms with Crippen LogP contribution in [0.5, 0.6) is 0 Å². The number of carboxylic acid groups (broad SMARTS) is 1. The fourth-order valence-electron chi connectivity index (χ4n) is 6.10. The van der Waals surface area contributed by atoms with Crippen molar-refractivity contribution in [1.82, 2.24) is 10.2 Å². The lowest BCUT2D eigenvalue weighted by Gasteiger charge is -2.41. The van der Waals surface area contributed by atoms with Gasteiger partial charge in [-0.25, -0.2) is 4.79 Å². The highest BCUT2D eigenvalue weighted by Gasteiger charge is 2.56. The first-order valence-electron chi connectivity index (χ1n) is 12.4. The summed E-state index contributed by atoms with van der Waals surface area (Å²) in [7, 11) is 0. The van der Waals surface area contributed by atoms with Crippen molar-refractivity contribution in [2.75, 3.05) is 19.7 Å². The number of fused-ring (bicyclic) bond motifs is 3. The monoisotopic (exact) mass is 476 g/mol. The summed E-state index contributed by atoms with van der Waals surface area (Å²) < 4.78 is 5.67. The molecule has 0 radical (unpaired) electrons. The molecule has 1 heterocycles. The van der Waals surface area contributed by atoms with E-state index in [0.717, 1.165) is 41.5 Å². The van der Waals surface area contributed by atoms with Crippen molar-refractivity contribution < 1.29 is 24.2 Å². The van der Waals surface area contributed by atoms with E-state index in [-0.39, 0.29) is 30.4 Å². The Morgan fingerprint density at radius 1 is 1.09 bits per heavy atom. The normalized spacial score (nSPS) is 21.5. The number of hydrogen-bond acceptors (Lipinski definition) is 4. The van der Waals surface area contributed by atoms with E-state index in [1.54, 1.807) is 11.8 Å². The van der Waals surface area contributed by atoms with Gasteiger partial charge in [0, 0.05) is 24.4 Å². The van der Waals surface area contributed by atoms with E-state index in [2.05, 4.69) is 29.6 Å². The maximum atomic E-state index is 13.5. The van der Waals surface area contributed by atoms with Gasteiger partial charge >= 0.3 is 12.1 Å². The minimum atomic E-state index is -1.17. The molecule has 1 spiro atoms. The number of carbonyl (C=O) groups is 3. The zero-order chi connectivity index (χ0) is 24.8. The molecule has 2 aliphatic carbocycles. The second kappa shape index (κ2) is 8.70. The number of nitrogens with zero attached hydrogens (tertiary/aromatic N) is 1. The number of carbonyl (C=O) groups excluding carboxylic acids is 2. The summed E-state index contributed by atoms with van der Waals surface area (Å²) in [6.45, 7) is 4.33. The van der Waals surface area contributed by atoms with Gasteiger partial charge in [0.05, 0.1) is 5.92 Å². The highest BCUT2D eigenvalue weighted by Crippen LogP contribution is 2.52. The van der Waals surface area contributed by atoms with Gasteiger partial charge in [-0.15, -0.1) is 0 Å². The van der Waals surface area contributed by atoms with Gasteiger partial charge in [0.15, 0.2) is 0 Å². The second-order valence-electron chi connectivity index (χ2n) is 10.4. The standard InChI is InChI=1S/C28H32N2O5/c1-3-27(2,25(33)30-15-23(24(31)32)28(17-30)13-8-14-28)29-26(34)35-16-22-20-11-6-4-9-18(20)19-10-5-7-12-21(19)22/h4-7,9-12,22-23H,3,8,13-17H2,1-2H3,(H,29,34)(H,31,32). The maximum Gasteiger partial charge on any atom is 0.408 e. The first kappa shape index (κ1) is 23.4. The first-order valence-corrected chi connectivity index (χ1v) is 12.4. The number of likely N-dealkylation sites (tertiary alicyclic amines) is 1. The molecule has 1 saturated carbocycles. The summed E-state index contributed by atoms with van der Waals surface area (Å²) in [6, 6.07) is 16.3. The van der Waals surface area contributed by atoms with Crippen LogP contribution in [0.1, 0.15) is 56.6 Å². The zero-order valence-corrected chi connectivity index (χ0v) is 20.3. The smallest absolute Gasteiger partial charge is 0.408 e. The van der Waals surface area contributed by atoms with Crippen LogP contribution < -0.4 is 5.32 Å². The molecule has 1 aliphatic heterocycles. The zero-order valence-electron chi connectivity index (χ0n) is 20.3. The summed E-state index contributed by atoms with van der Waals surface area (Å²) in [4.78, 5) is 39.8. The molecule has 2 amide bonds. The minimum absolute atomic E-state index is 0.0647. The number of ether oxygens (including phenoxy) is 1. The second-order valence-corrected chi connectivity index (χ2v) is 10.4. The largest absolute Gasteiger partial charge is 0.481 e. The molecule has 2 aromatic carbocycles. The predicted octanol–water partition coefficient (Wildman–Crippen LogP) is 4.41. The molecule has 0 aromatic heterocycles. The number of nitrogens with one attached hydrogen (secondary N) is 1. The van der Waals surface area contributed by atoms with Crippen LogP contribution in [0.25, 0.3) is 11.1 Å². The van der Waals surface area contributed by atoms with Gasteiger partial charge in [0.25, 0.3) is 0 Å². The highest BCUT2D eigenvalue weighted by atomic mass is 16.5. The molecule has 1 saturated heterocycles. The average Bonchev–Trinajstić information content (AvgIpc) is 3.40. The molecule has 2 unspecified atom stereocenters. The average molecular weight is 477 g/mol. The van der Waals surface area contributed by atoms with Crippen molar-refractivity contribution >= 4 is 18.0 Å². The summed E-state index contributed by atoms with van der Waals surface area (Å²) in [5.41, 5.74) is 3.06. The van der Waals surface area contributed by atoms with E-state index in [0.29, 0.717) is 13.0 Å². The Morgan fingerprint density at radius 3 is 2.17 bits per heavy atom. The van der Waals surface area contributed by atoms with E-state index in [9.17, 15) is 19.5 Å². The Morgan fingerprint density at radius 2 is 1.69 bits per heavy atom. The highest BCUT2D eigenvalue weighted by molar-refractivity contribution is 5.90. The van der Waals surface area contributed by atoms with Gasteiger partial charge < -0.3 is 20.1 Å². The fourth-order valence-corrected chi connectivity index (χ4v) is 6.10. The van der Waals surface area contributed by atoms with E-state index in [1.165, 1.54) is 0 Å². The van der Waals surface area contributed by atoms with E-state index < -0.39 is 23.5 Å². The van der Waals surface area contributed by atoms with Crippen molar-refractivity contribution in [3.05, 3.63) is 59.7 Å². The van der Waals surface area contributed by atoms with Crippen molar-refractivity contribution in [3.63, 3.8) is 0 Å². The number of rotatable bonds is 6. The number of carboxylic acids is 1. The predicted molar refractivity (Wildman–Crippen MR) is 131 cm³/mol. The molecular formula is C28H32N2O5. The third kappa shape index (κ3) is 3.87. The quantitative estimate of drug-likeness (QED) is 0.644. The molecule has 0 bridgehead atoms. The van der Waals surface area contributed by atoms with Crippen molar-refractivity contribution in [2.24, 2.45) is 11.3 Å². The molecule has 3 aliphatic rings. The Hall–Kier alpha value is -3.35. The molecule has 2 atom stereocenters. The lowest BCUT2D eigenvalue weighted by molar-refractivity contribution is -0.146. The van der Waals surface area contributed by atoms with Gasteiger partial charge in [-0.1, -0.05) is 61.9 Å². The van der Waals surface area contributed by atoms with E-state index >= 15 is 0 Å². The van der Waals surface area contributed by atoms with Crippen molar-refractivity contribution in [3.8, 4) is 11.1 Å². The number of amides is 2. The molecule has 2 fully saturated rings. The van der Waals surface area contributed by atoms with Crippen LogP contribution in [0.2, 0.25) is 0 Å². The molecule has 7 heteroatoms. The number of alkyl carbamates (subject to hydrolysis) is 1. The van der Waals surface area contributed by atoms with Gasteiger partial charge in [0.1, 0.15) is 12.1 Å². The topological polar surface area (TPSA) is 95.9 Å². The Bertz CT molecular complexity index is 1130. The summed E-state index contributed by atoms with van der Waals surface area (Å²) in [6.07, 6.45) is 2.38. The molecule has 2 N–H and O–H groups in total. The van der Waals surface area contributed by atoms with Gasteiger partial charge in [0.2, 0.25) is 5.91 Å². The summed E-state index contributed by atoms with van der Waals surface area (Å²) in [5.74, 6) is -1.70. The SMILES string of the molecule is CCC(C)(NC(=O)OCC1c2ccccc2-c2ccccc21)C(=O)N1CC(C(=O)O)C2(CCC2)C1. The van der Waals surface area contributed by atoms with Crippen LogP contribution in [-0.4, -0.2) is 53.2 Å². The molecular weight excluding hydrogens is 444 g/mol. The van der Waals surface area contributed by atoms with E-state index in [4.69, 9.17) is 4.74 Å². The molecule has 184 valence electrons. The number of aliphatic carboxylic acids is 1.